The molecule has 0 aliphatic heterocycles. The Morgan fingerprint density at radius 1 is 1.17 bits per heavy atom. The molecule has 0 atom stereocenters. The number of hydrogen-bond donors (Lipinski definition) is 1. The molecule has 4 rings (SSSR count). The molecule has 0 saturated heterocycles. The number of rotatable bonds is 6. The zero-order valence-corrected chi connectivity index (χ0v) is 17.9. The number of ether oxygens (including phenoxy) is 1. The lowest BCUT2D eigenvalue weighted by atomic mass is 10.2. The number of halogens is 1. The Hall–Kier alpha value is -3.16. The van der Waals surface area contributed by atoms with Crippen molar-refractivity contribution in [1.82, 2.24) is 9.97 Å². The normalized spacial score (nSPS) is 10.8. The van der Waals surface area contributed by atoms with Crippen LogP contribution in [0.4, 0.5) is 5.13 Å². The number of nitrogens with zero attached hydrogens (tertiary/aromatic N) is 2. The molecule has 1 amide bonds. The molecule has 0 aliphatic carbocycles. The van der Waals surface area contributed by atoms with E-state index in [9.17, 15) is 4.79 Å². The van der Waals surface area contributed by atoms with E-state index in [1.165, 1.54) is 11.3 Å². The molecular weight excluding hydrogens is 422 g/mol. The summed E-state index contributed by atoms with van der Waals surface area (Å²) in [6.07, 6.45) is 0.103. The number of benzene rings is 2. The van der Waals surface area contributed by atoms with Crippen LogP contribution >= 0.6 is 22.9 Å². The third kappa shape index (κ3) is 4.37. The number of thiazole rings is 1. The molecule has 0 unspecified atom stereocenters. The largest absolute Gasteiger partial charge is 0.495 e. The molecule has 0 radical (unpaired) electrons. The maximum atomic E-state index is 12.5. The van der Waals surface area contributed by atoms with Crippen molar-refractivity contribution in [3.63, 3.8) is 0 Å². The highest BCUT2D eigenvalue weighted by atomic mass is 35.5. The molecule has 0 saturated carbocycles. The quantitative estimate of drug-likeness (QED) is 0.422. The summed E-state index contributed by atoms with van der Waals surface area (Å²) in [7, 11) is 1.57. The summed E-state index contributed by atoms with van der Waals surface area (Å²) in [5, 5.41) is 5.70. The van der Waals surface area contributed by atoms with Crippen molar-refractivity contribution in [2.75, 3.05) is 12.4 Å². The summed E-state index contributed by atoms with van der Waals surface area (Å²) in [6, 6.07) is 15.0. The monoisotopic (exact) mass is 439 g/mol. The first-order valence-corrected chi connectivity index (χ1v) is 10.4. The predicted molar refractivity (Wildman–Crippen MR) is 118 cm³/mol. The molecular formula is C22H18ClN3O3S. The van der Waals surface area contributed by atoms with Crippen LogP contribution in [0, 0.1) is 6.92 Å². The molecule has 6 nitrogen and oxygen atoms in total. The maximum Gasteiger partial charge on any atom is 0.232 e. The van der Waals surface area contributed by atoms with Crippen LogP contribution in [0.25, 0.3) is 22.7 Å². The second kappa shape index (κ2) is 8.69. The molecule has 0 spiro atoms. The third-order valence-electron chi connectivity index (χ3n) is 4.44. The number of methoxy groups -OCH3 is 1. The lowest BCUT2D eigenvalue weighted by molar-refractivity contribution is -0.115. The van der Waals surface area contributed by atoms with Crippen molar-refractivity contribution in [1.29, 1.82) is 0 Å². The number of anilines is 1. The maximum absolute atomic E-state index is 12.5. The van der Waals surface area contributed by atoms with Gasteiger partial charge in [-0.2, -0.15) is 0 Å². The number of carbonyl (C=O) groups excluding carboxylic acids is 1. The minimum atomic E-state index is -0.209. The van der Waals surface area contributed by atoms with Crippen LogP contribution in [0.1, 0.15) is 11.5 Å². The van der Waals surface area contributed by atoms with E-state index in [1.54, 1.807) is 26.2 Å². The summed E-state index contributed by atoms with van der Waals surface area (Å²) >= 11 is 7.53. The van der Waals surface area contributed by atoms with Gasteiger partial charge in [0.2, 0.25) is 11.8 Å². The molecule has 0 fully saturated rings. The fourth-order valence-corrected chi connectivity index (χ4v) is 3.89. The Kier molecular flexibility index (Phi) is 5.83. The average molecular weight is 440 g/mol. The summed E-state index contributed by atoms with van der Waals surface area (Å²) < 4.78 is 10.9. The highest BCUT2D eigenvalue weighted by Crippen LogP contribution is 2.32. The van der Waals surface area contributed by atoms with Crippen molar-refractivity contribution in [2.24, 2.45) is 0 Å². The van der Waals surface area contributed by atoms with E-state index in [4.69, 9.17) is 20.8 Å². The highest BCUT2D eigenvalue weighted by molar-refractivity contribution is 7.14. The van der Waals surface area contributed by atoms with Gasteiger partial charge in [-0.05, 0) is 37.3 Å². The van der Waals surface area contributed by atoms with Gasteiger partial charge in [-0.25, -0.2) is 9.97 Å². The van der Waals surface area contributed by atoms with Gasteiger partial charge in [0, 0.05) is 16.5 Å². The molecule has 0 aliphatic rings. The zero-order chi connectivity index (χ0) is 21.1. The minimum Gasteiger partial charge on any atom is -0.495 e. The fourth-order valence-electron chi connectivity index (χ4n) is 2.90. The SMILES string of the molecule is COc1ccc(-c2csc(NC(=O)Cc3nc(-c4ccccc4)oc3C)n2)cc1Cl. The third-order valence-corrected chi connectivity index (χ3v) is 5.49. The van der Waals surface area contributed by atoms with E-state index in [-0.39, 0.29) is 12.3 Å². The van der Waals surface area contributed by atoms with E-state index in [2.05, 4.69) is 15.3 Å². The van der Waals surface area contributed by atoms with Crippen molar-refractivity contribution in [3.8, 4) is 28.5 Å². The average Bonchev–Trinajstić information content (AvgIpc) is 3.35. The molecule has 30 heavy (non-hydrogen) atoms. The predicted octanol–water partition coefficient (Wildman–Crippen LogP) is 5.62. The van der Waals surface area contributed by atoms with E-state index in [0.29, 0.717) is 33.2 Å². The van der Waals surface area contributed by atoms with Crippen LogP contribution in [-0.4, -0.2) is 23.0 Å². The van der Waals surface area contributed by atoms with Crippen LogP contribution < -0.4 is 10.1 Å². The first-order chi connectivity index (χ1) is 14.5. The Morgan fingerprint density at radius 3 is 2.70 bits per heavy atom. The molecule has 4 aromatic rings. The van der Waals surface area contributed by atoms with E-state index < -0.39 is 0 Å². The van der Waals surface area contributed by atoms with Crippen molar-refractivity contribution in [2.45, 2.75) is 13.3 Å². The van der Waals surface area contributed by atoms with Gasteiger partial charge in [0.15, 0.2) is 5.13 Å². The van der Waals surface area contributed by atoms with Crippen LogP contribution in [-0.2, 0) is 11.2 Å². The molecule has 1 N–H and O–H groups in total. The van der Waals surface area contributed by atoms with E-state index in [0.717, 1.165) is 16.8 Å². The van der Waals surface area contributed by atoms with Gasteiger partial charge in [-0.1, -0.05) is 29.8 Å². The fraction of sp³-hybridized carbons (Fsp3) is 0.136. The minimum absolute atomic E-state index is 0.103. The molecule has 2 aromatic heterocycles. The van der Waals surface area contributed by atoms with Crippen molar-refractivity contribution >= 4 is 34.0 Å². The lowest BCUT2D eigenvalue weighted by Crippen LogP contribution is -2.15. The molecule has 2 heterocycles. The van der Waals surface area contributed by atoms with Gasteiger partial charge in [0.1, 0.15) is 11.5 Å². The Balaban J connectivity index is 1.44. The Bertz CT molecular complexity index is 1190. The highest BCUT2D eigenvalue weighted by Gasteiger charge is 2.16. The summed E-state index contributed by atoms with van der Waals surface area (Å²) in [5.74, 6) is 1.52. The van der Waals surface area contributed by atoms with Gasteiger partial charge >= 0.3 is 0 Å². The number of hydrogen-bond acceptors (Lipinski definition) is 6. The molecule has 2 aromatic carbocycles. The second-order valence-electron chi connectivity index (χ2n) is 6.50. The first kappa shape index (κ1) is 20.1. The number of carbonyl (C=O) groups is 1. The second-order valence-corrected chi connectivity index (χ2v) is 7.77. The number of aromatic nitrogens is 2. The number of amides is 1. The van der Waals surface area contributed by atoms with E-state index >= 15 is 0 Å². The van der Waals surface area contributed by atoms with Crippen molar-refractivity contribution < 1.29 is 13.9 Å². The van der Waals surface area contributed by atoms with Gasteiger partial charge in [0.25, 0.3) is 0 Å². The van der Waals surface area contributed by atoms with Crippen LogP contribution in [0.3, 0.4) is 0 Å². The van der Waals surface area contributed by atoms with Crippen LogP contribution in [0.2, 0.25) is 5.02 Å². The lowest BCUT2D eigenvalue weighted by Gasteiger charge is -2.04. The van der Waals surface area contributed by atoms with Gasteiger partial charge in [-0.15, -0.1) is 11.3 Å². The molecule has 0 bridgehead atoms. The first-order valence-electron chi connectivity index (χ1n) is 9.14. The Labute approximate surface area is 182 Å². The summed E-state index contributed by atoms with van der Waals surface area (Å²) in [6.45, 7) is 1.80. The number of oxazole rings is 1. The topological polar surface area (TPSA) is 77.2 Å². The number of nitrogens with one attached hydrogen (secondary N) is 1. The molecule has 8 heteroatoms. The van der Waals surface area contributed by atoms with Gasteiger partial charge in [-0.3, -0.25) is 4.79 Å². The summed E-state index contributed by atoms with van der Waals surface area (Å²) in [5.41, 5.74) is 3.04. The summed E-state index contributed by atoms with van der Waals surface area (Å²) in [4.78, 5) is 21.4. The smallest absolute Gasteiger partial charge is 0.232 e. The van der Waals surface area contributed by atoms with E-state index in [1.807, 2.05) is 41.8 Å². The van der Waals surface area contributed by atoms with Gasteiger partial charge in [0.05, 0.1) is 29.9 Å². The Morgan fingerprint density at radius 2 is 1.97 bits per heavy atom. The van der Waals surface area contributed by atoms with Gasteiger partial charge < -0.3 is 14.5 Å². The van der Waals surface area contributed by atoms with Crippen LogP contribution in [0.15, 0.2) is 58.3 Å². The van der Waals surface area contributed by atoms with Crippen molar-refractivity contribution in [3.05, 3.63) is 70.4 Å². The molecule has 152 valence electrons. The number of aryl methyl sites for hydroxylation is 1. The zero-order valence-electron chi connectivity index (χ0n) is 16.3. The van der Waals surface area contributed by atoms with Crippen LogP contribution in [0.5, 0.6) is 5.75 Å². The standard InChI is InChI=1S/C22H18ClN3O3S/c1-13-17(24-21(29-13)14-6-4-3-5-7-14)11-20(27)26-22-25-18(12-30-22)15-8-9-19(28-2)16(23)10-15/h3-10,12H,11H2,1-2H3,(H,25,26,27).